The number of hydrogen-bond acceptors (Lipinski definition) is 27. The summed E-state index contributed by atoms with van der Waals surface area (Å²) in [6.45, 7) is 9.39. The van der Waals surface area contributed by atoms with Crippen LogP contribution in [0.25, 0.3) is 54.5 Å². The number of pyridine rings is 13. The zero-order chi connectivity index (χ0) is 100. The first-order chi connectivity index (χ1) is 69.0. The van der Waals surface area contributed by atoms with Crippen LogP contribution in [0.15, 0.2) is 310 Å². The number of carbonyl (C=O) groups excluding carboxylic acids is 9. The SMILES string of the molecule is Cc1ccc(CC(=O)c2cc(C(=O)c3cncc(F)c3)cc3cccnc23)nc1.Cc1cccc(CC(=O)c2cc(C(=O)c3cncc(F)c3)cc3cccnc23)n1.Cc1cccc(CC(=O)c2cc(C(=O)c3cncc(F)c3)cc3cccnc23)n1.Cc1csc(CC(=O)c2cc(C(=O)c3cncc(F)c3)cc3cccnc23)n1.Cc1csc(CC(=O)c2cc(C(O)c3cncc(F)c3)cc3cccnc23)n1. The summed E-state index contributed by atoms with van der Waals surface area (Å²) in [4.78, 5) is 178. The number of aryl methyl sites for hydroxylation is 5. The number of thiazole rings is 2. The van der Waals surface area contributed by atoms with Crippen molar-refractivity contribution in [2.24, 2.45) is 0 Å². The van der Waals surface area contributed by atoms with Crippen LogP contribution in [-0.2, 0) is 32.1 Å². The van der Waals surface area contributed by atoms with Crippen LogP contribution in [0.3, 0.4) is 0 Å². The van der Waals surface area contributed by atoms with E-state index in [1.165, 1.54) is 84.0 Å². The Labute approximate surface area is 820 Å². The minimum Gasteiger partial charge on any atom is -0.384 e. The number of fused-ring (bicyclic) bond motifs is 5. The standard InChI is InChI=1S/3C23H16FN3O2.C21H16FN3O2S.C21H14FN3O2S/c2*1-14-4-2-6-19(27-14)11-21(28)20-10-16(8-15-5-3-7-26-22(15)20)23(29)17-9-18(24)13-25-12-17;1-14-4-5-19(27-11-14)10-21(28)20-9-16(7-15-3-2-6-26-22(15)20)23(29)17-8-18(24)13-25-12-17;2*1-12-11-28-19(25-12)8-18(26)17-7-14(5-13-3-2-4-24-20(13)17)21(27)15-6-16(22)10-23-9-15/h2*2-10,12-13H,11H2,1H3;2-9,11-13H,10H2,1H3;2-7,9-11,21,27H,8H2,1H3;2-7,9-11H,8H2,1H3. The molecule has 0 radical (unpaired) electrons. The number of ketones is 9. The molecule has 0 bridgehead atoms. The summed E-state index contributed by atoms with van der Waals surface area (Å²) in [7, 11) is 0. The molecule has 15 aromatic heterocycles. The van der Waals surface area contributed by atoms with Gasteiger partial charge in [-0.1, -0.05) is 48.5 Å². The van der Waals surface area contributed by atoms with Gasteiger partial charge in [-0.25, -0.2) is 31.9 Å². The number of nitrogens with zero attached hydrogens (tertiary/aromatic N) is 15. The highest BCUT2D eigenvalue weighted by Crippen LogP contribution is 2.33. The average Bonchev–Trinajstić information content (AvgIpc) is 1.08. The van der Waals surface area contributed by atoms with Crippen molar-refractivity contribution in [2.45, 2.75) is 72.8 Å². The van der Waals surface area contributed by atoms with Crippen LogP contribution in [0.5, 0.6) is 0 Å². The van der Waals surface area contributed by atoms with Crippen molar-refractivity contribution >= 4 is 129 Å². The van der Waals surface area contributed by atoms with Crippen molar-refractivity contribution in [3.05, 3.63) is 478 Å². The van der Waals surface area contributed by atoms with Crippen LogP contribution < -0.4 is 0 Å². The molecule has 1 unspecified atom stereocenters. The molecule has 1 atom stereocenters. The fourth-order valence-corrected chi connectivity index (χ4v) is 17.1. The molecule has 0 spiro atoms. The van der Waals surface area contributed by atoms with Crippen molar-refractivity contribution in [2.75, 3.05) is 0 Å². The van der Waals surface area contributed by atoms with Crippen molar-refractivity contribution in [3.8, 4) is 0 Å². The first-order valence-electron chi connectivity index (χ1n) is 44.1. The Morgan fingerprint density at radius 1 is 0.273 bits per heavy atom. The van der Waals surface area contributed by atoms with E-state index in [4.69, 9.17) is 0 Å². The number of rotatable bonds is 25. The van der Waals surface area contributed by atoms with Gasteiger partial charge in [-0.2, -0.15) is 0 Å². The highest BCUT2D eigenvalue weighted by atomic mass is 32.1. The Hall–Kier alpha value is -17.8. The molecule has 15 heterocycles. The van der Waals surface area contributed by atoms with Crippen LogP contribution in [0, 0.1) is 63.7 Å². The van der Waals surface area contributed by atoms with Gasteiger partial charge in [0.25, 0.3) is 0 Å². The maximum Gasteiger partial charge on any atom is 0.194 e. The van der Waals surface area contributed by atoms with Crippen LogP contribution in [0.1, 0.15) is 188 Å². The smallest absolute Gasteiger partial charge is 0.194 e. The summed E-state index contributed by atoms with van der Waals surface area (Å²) in [6.07, 6.45) is 21.0. The first-order valence-corrected chi connectivity index (χ1v) is 45.9. The Balaban J connectivity index is 0.000000128. The number of carbonyl (C=O) groups is 9. The minimum atomic E-state index is -1.11. The van der Waals surface area contributed by atoms with Crippen molar-refractivity contribution in [1.29, 1.82) is 0 Å². The van der Waals surface area contributed by atoms with Gasteiger partial charge in [0.05, 0.1) is 90.7 Å². The van der Waals surface area contributed by atoms with Gasteiger partial charge in [-0.15, -0.1) is 22.7 Å². The predicted molar refractivity (Wildman–Crippen MR) is 528 cm³/mol. The molecule has 0 fully saturated rings. The largest absolute Gasteiger partial charge is 0.384 e. The van der Waals surface area contributed by atoms with E-state index in [2.05, 4.69) is 74.8 Å². The lowest BCUT2D eigenvalue weighted by Crippen LogP contribution is -2.10. The number of hydrogen-bond donors (Lipinski definition) is 1. The Bertz CT molecular complexity index is 8180. The van der Waals surface area contributed by atoms with Gasteiger partial charge in [0.2, 0.25) is 0 Å². The Kier molecular flexibility index (Phi) is 30.8. The quantitative estimate of drug-likeness (QED) is 0.0410. The van der Waals surface area contributed by atoms with E-state index < -0.39 is 58.3 Å². The lowest BCUT2D eigenvalue weighted by atomic mass is 9.95. The maximum absolute atomic E-state index is 13.5. The molecular formula is C111H78F5N15O10S2. The van der Waals surface area contributed by atoms with Gasteiger partial charge in [-0.05, 0) is 197 Å². The van der Waals surface area contributed by atoms with Crippen LogP contribution in [-0.4, -0.2) is 132 Å². The first kappa shape index (κ1) is 98.3. The van der Waals surface area contributed by atoms with E-state index in [1.807, 2.05) is 81.8 Å². The highest BCUT2D eigenvalue weighted by molar-refractivity contribution is 7.10. The zero-order valence-electron chi connectivity index (χ0n) is 76.6. The van der Waals surface area contributed by atoms with E-state index in [9.17, 15) is 70.2 Å². The van der Waals surface area contributed by atoms with Crippen molar-refractivity contribution in [3.63, 3.8) is 0 Å². The highest BCUT2D eigenvalue weighted by Gasteiger charge is 2.27. The number of benzene rings is 5. The normalized spacial score (nSPS) is 11.1. The maximum atomic E-state index is 13.5. The molecule has 0 saturated heterocycles. The molecule has 0 saturated carbocycles. The molecule has 20 rings (SSSR count). The van der Waals surface area contributed by atoms with Gasteiger partial charge in [0.15, 0.2) is 52.0 Å². The van der Waals surface area contributed by atoms with E-state index in [0.717, 1.165) is 94.0 Å². The molecule has 0 aliphatic rings. The molecule has 704 valence electrons. The second kappa shape index (κ2) is 44.8. The van der Waals surface area contributed by atoms with Crippen molar-refractivity contribution < 1.29 is 70.2 Å². The molecule has 1 N–H and O–H groups in total. The van der Waals surface area contributed by atoms with E-state index in [0.29, 0.717) is 110 Å². The Morgan fingerprint density at radius 3 is 0.881 bits per heavy atom. The average molecular weight is 1940 g/mol. The minimum absolute atomic E-state index is 0.0884. The third-order valence-electron chi connectivity index (χ3n) is 22.2. The third-order valence-corrected chi connectivity index (χ3v) is 24.1. The number of Topliss-reactive ketones (excluding diaryl/α,β-unsaturated/α-hetero) is 5. The second-order valence-corrected chi connectivity index (χ2v) is 34.8. The molecule has 25 nitrogen and oxygen atoms in total. The molecule has 5 aromatic carbocycles. The third kappa shape index (κ3) is 24.5. The molecule has 0 aliphatic heterocycles. The van der Waals surface area contributed by atoms with Gasteiger partial charge in [0.1, 0.15) is 45.2 Å². The number of aromatic nitrogens is 15. The summed E-state index contributed by atoms with van der Waals surface area (Å²) in [5.41, 5.74) is 13.1. The lowest BCUT2D eigenvalue weighted by molar-refractivity contribution is 0.0984. The van der Waals surface area contributed by atoms with E-state index >= 15 is 0 Å². The van der Waals surface area contributed by atoms with E-state index in [-0.39, 0.29) is 106 Å². The lowest BCUT2D eigenvalue weighted by Gasteiger charge is -2.14. The monoisotopic (exact) mass is 1940 g/mol. The topological polar surface area (TPSA) is 367 Å². The van der Waals surface area contributed by atoms with Crippen LogP contribution >= 0.6 is 22.7 Å². The van der Waals surface area contributed by atoms with Gasteiger partial charge in [-0.3, -0.25) is 108 Å². The molecule has 0 aliphatic carbocycles. The van der Waals surface area contributed by atoms with Gasteiger partial charge < -0.3 is 5.11 Å². The summed E-state index contributed by atoms with van der Waals surface area (Å²) >= 11 is 2.85. The summed E-state index contributed by atoms with van der Waals surface area (Å²) in [5, 5.41) is 19.3. The van der Waals surface area contributed by atoms with Gasteiger partial charge >= 0.3 is 0 Å². The number of aliphatic hydroxyl groups is 1. The molecule has 20 aromatic rings. The fourth-order valence-electron chi connectivity index (χ4n) is 15.5. The number of aliphatic hydroxyl groups excluding tert-OH is 1. The van der Waals surface area contributed by atoms with E-state index in [1.54, 1.807) is 146 Å². The summed E-state index contributed by atoms with van der Waals surface area (Å²) < 4.78 is 67.4. The molecule has 0 amide bonds. The number of halogens is 5. The zero-order valence-corrected chi connectivity index (χ0v) is 78.2. The predicted octanol–water partition coefficient (Wildman–Crippen LogP) is 20.6. The molecule has 32 heteroatoms. The van der Waals surface area contributed by atoms with Crippen molar-refractivity contribution in [1.82, 2.24) is 74.8 Å². The fraction of sp³-hybridized carbons (Fsp3) is 0.0991. The molecular weight excluding hydrogens is 1860 g/mol. The second-order valence-electron chi connectivity index (χ2n) is 32.9. The van der Waals surface area contributed by atoms with Crippen LogP contribution in [0.4, 0.5) is 22.0 Å². The molecule has 143 heavy (non-hydrogen) atoms. The Morgan fingerprint density at radius 2 is 0.580 bits per heavy atom. The summed E-state index contributed by atoms with van der Waals surface area (Å²) in [6, 6.07) is 54.1. The summed E-state index contributed by atoms with van der Waals surface area (Å²) in [5.74, 6) is -5.46. The van der Waals surface area contributed by atoms with Gasteiger partial charge in [0, 0.05) is 224 Å². The van der Waals surface area contributed by atoms with Crippen LogP contribution in [0.2, 0.25) is 0 Å².